The van der Waals surface area contributed by atoms with Gasteiger partial charge in [0.2, 0.25) is 5.91 Å². The summed E-state index contributed by atoms with van der Waals surface area (Å²) in [5, 5.41) is 6.77. The molecule has 0 radical (unpaired) electrons. The number of nitrogens with zero attached hydrogens (tertiary/aromatic N) is 2. The highest BCUT2D eigenvalue weighted by atomic mass is 16.5. The molecule has 2 atom stereocenters. The highest BCUT2D eigenvalue weighted by Gasteiger charge is 2.28. The molecule has 0 aromatic carbocycles. The Kier molecular flexibility index (Phi) is 6.16. The van der Waals surface area contributed by atoms with E-state index in [0.717, 1.165) is 18.8 Å². The fourth-order valence-corrected chi connectivity index (χ4v) is 3.21. The summed E-state index contributed by atoms with van der Waals surface area (Å²) in [6, 6.07) is 0.268. The SMILES string of the molecule is Cc1noc(COCC(=O)N[C@@H]2CCC[C@H](C(C)(C)C)CC2)n1. The molecule has 1 saturated carbocycles. The number of carbonyl (C=O) groups excluding carboxylic acids is 1. The molecule has 1 heterocycles. The smallest absolute Gasteiger partial charge is 0.252 e. The molecule has 6 heteroatoms. The minimum Gasteiger partial charge on any atom is -0.362 e. The summed E-state index contributed by atoms with van der Waals surface area (Å²) in [4.78, 5) is 16.0. The monoisotopic (exact) mass is 323 g/mol. The number of aromatic nitrogens is 2. The van der Waals surface area contributed by atoms with Crippen LogP contribution in [0.1, 0.15) is 64.6 Å². The molecule has 0 bridgehead atoms. The van der Waals surface area contributed by atoms with Crippen LogP contribution >= 0.6 is 0 Å². The van der Waals surface area contributed by atoms with Crippen molar-refractivity contribution in [1.82, 2.24) is 15.5 Å². The molecule has 1 N–H and O–H groups in total. The van der Waals surface area contributed by atoms with E-state index in [1.165, 1.54) is 19.3 Å². The summed E-state index contributed by atoms with van der Waals surface area (Å²) in [6.07, 6.45) is 5.71. The first-order valence-corrected chi connectivity index (χ1v) is 8.51. The maximum Gasteiger partial charge on any atom is 0.252 e. The lowest BCUT2D eigenvalue weighted by Crippen LogP contribution is -2.37. The van der Waals surface area contributed by atoms with Crippen LogP contribution < -0.4 is 5.32 Å². The number of hydrogen-bond donors (Lipinski definition) is 1. The lowest BCUT2D eigenvalue weighted by Gasteiger charge is -2.29. The lowest BCUT2D eigenvalue weighted by atomic mass is 9.76. The molecule has 1 aromatic rings. The number of ether oxygens (including phenoxy) is 1. The zero-order chi connectivity index (χ0) is 16.9. The number of amides is 1. The first-order chi connectivity index (χ1) is 10.8. The summed E-state index contributed by atoms with van der Waals surface area (Å²) in [5.41, 5.74) is 0.351. The summed E-state index contributed by atoms with van der Waals surface area (Å²) in [5.74, 6) is 1.64. The molecule has 0 spiro atoms. The number of nitrogens with one attached hydrogen (secondary N) is 1. The van der Waals surface area contributed by atoms with Crippen LogP contribution in [-0.4, -0.2) is 28.7 Å². The van der Waals surface area contributed by atoms with Gasteiger partial charge in [-0.25, -0.2) is 0 Å². The van der Waals surface area contributed by atoms with Crippen LogP contribution in [0.5, 0.6) is 0 Å². The van der Waals surface area contributed by atoms with Gasteiger partial charge in [-0.2, -0.15) is 4.98 Å². The maximum atomic E-state index is 12.0. The fraction of sp³-hybridized carbons (Fsp3) is 0.824. The van der Waals surface area contributed by atoms with E-state index in [9.17, 15) is 4.79 Å². The first-order valence-electron chi connectivity index (χ1n) is 8.51. The molecule has 6 nitrogen and oxygen atoms in total. The molecule has 1 aliphatic rings. The van der Waals surface area contributed by atoms with E-state index in [0.29, 0.717) is 17.1 Å². The molecular weight excluding hydrogens is 294 g/mol. The summed E-state index contributed by atoms with van der Waals surface area (Å²) < 4.78 is 10.3. The van der Waals surface area contributed by atoms with E-state index in [1.54, 1.807) is 6.92 Å². The van der Waals surface area contributed by atoms with Gasteiger partial charge in [-0.15, -0.1) is 0 Å². The van der Waals surface area contributed by atoms with Crippen molar-refractivity contribution in [3.05, 3.63) is 11.7 Å². The minimum atomic E-state index is -0.0690. The Bertz CT molecular complexity index is 507. The van der Waals surface area contributed by atoms with Crippen molar-refractivity contribution in [2.24, 2.45) is 11.3 Å². The zero-order valence-corrected chi connectivity index (χ0v) is 14.7. The largest absolute Gasteiger partial charge is 0.362 e. The first kappa shape index (κ1) is 17.9. The third-order valence-corrected chi connectivity index (χ3v) is 4.59. The molecule has 1 fully saturated rings. The normalized spacial score (nSPS) is 22.6. The molecule has 1 amide bonds. The lowest BCUT2D eigenvalue weighted by molar-refractivity contribution is -0.127. The Balaban J connectivity index is 1.68. The second kappa shape index (κ2) is 7.90. The molecule has 0 aliphatic heterocycles. The molecule has 1 aromatic heterocycles. The van der Waals surface area contributed by atoms with Gasteiger partial charge in [0, 0.05) is 6.04 Å². The maximum absolute atomic E-state index is 12.0. The van der Waals surface area contributed by atoms with Gasteiger partial charge in [-0.05, 0) is 43.9 Å². The predicted octanol–water partition coefficient (Wildman–Crippen LogP) is 3.01. The average Bonchev–Trinajstić information content (AvgIpc) is 2.72. The fourth-order valence-electron chi connectivity index (χ4n) is 3.21. The van der Waals surface area contributed by atoms with Crippen LogP contribution in [0.2, 0.25) is 0 Å². The molecule has 1 aliphatic carbocycles. The van der Waals surface area contributed by atoms with Crippen molar-refractivity contribution in [3.8, 4) is 0 Å². The highest BCUT2D eigenvalue weighted by Crippen LogP contribution is 2.36. The van der Waals surface area contributed by atoms with E-state index in [-0.39, 0.29) is 25.2 Å². The standard InChI is InChI=1S/C17H29N3O3/c1-12-18-16(23-20-12)11-22-10-15(21)19-14-7-5-6-13(8-9-14)17(2,3)4/h13-14H,5-11H2,1-4H3,(H,19,21)/t13-,14+/m0/s1. The Morgan fingerprint density at radius 3 is 2.74 bits per heavy atom. The van der Waals surface area contributed by atoms with Gasteiger partial charge in [-0.1, -0.05) is 32.3 Å². The van der Waals surface area contributed by atoms with Crippen LogP contribution in [0.25, 0.3) is 0 Å². The van der Waals surface area contributed by atoms with Gasteiger partial charge in [0.25, 0.3) is 5.89 Å². The van der Waals surface area contributed by atoms with Gasteiger partial charge >= 0.3 is 0 Å². The van der Waals surface area contributed by atoms with Crippen LogP contribution in [0.3, 0.4) is 0 Å². The topological polar surface area (TPSA) is 77.2 Å². The molecule has 0 unspecified atom stereocenters. The number of carbonyl (C=O) groups is 1. The predicted molar refractivity (Wildman–Crippen MR) is 86.7 cm³/mol. The third-order valence-electron chi connectivity index (χ3n) is 4.59. The van der Waals surface area contributed by atoms with Gasteiger partial charge < -0.3 is 14.6 Å². The highest BCUT2D eigenvalue weighted by molar-refractivity contribution is 5.77. The van der Waals surface area contributed by atoms with Crippen LogP contribution in [0, 0.1) is 18.3 Å². The van der Waals surface area contributed by atoms with Gasteiger partial charge in [0.1, 0.15) is 13.2 Å². The van der Waals surface area contributed by atoms with E-state index in [1.807, 2.05) is 0 Å². The molecular formula is C17H29N3O3. The number of aryl methyl sites for hydroxylation is 1. The van der Waals surface area contributed by atoms with Gasteiger partial charge in [0.05, 0.1) is 0 Å². The molecule has 23 heavy (non-hydrogen) atoms. The quantitative estimate of drug-likeness (QED) is 0.843. The molecule has 0 saturated heterocycles. The van der Waals surface area contributed by atoms with Crippen LogP contribution in [0.15, 0.2) is 4.52 Å². The second-order valence-corrected chi connectivity index (χ2v) is 7.56. The Morgan fingerprint density at radius 2 is 2.09 bits per heavy atom. The van der Waals surface area contributed by atoms with E-state index in [2.05, 4.69) is 36.2 Å². The van der Waals surface area contributed by atoms with E-state index >= 15 is 0 Å². The Labute approximate surface area is 138 Å². The Hall–Kier alpha value is -1.43. The van der Waals surface area contributed by atoms with Gasteiger partial charge in [0.15, 0.2) is 5.82 Å². The molecule has 2 rings (SSSR count). The van der Waals surface area contributed by atoms with Crippen molar-refractivity contribution in [2.45, 2.75) is 72.4 Å². The van der Waals surface area contributed by atoms with Crippen molar-refractivity contribution < 1.29 is 14.1 Å². The van der Waals surface area contributed by atoms with E-state index in [4.69, 9.17) is 9.26 Å². The zero-order valence-electron chi connectivity index (χ0n) is 14.7. The number of hydrogen-bond acceptors (Lipinski definition) is 5. The summed E-state index contributed by atoms with van der Waals surface area (Å²) >= 11 is 0. The summed E-state index contributed by atoms with van der Waals surface area (Å²) in [7, 11) is 0. The van der Waals surface area contributed by atoms with Crippen molar-refractivity contribution in [2.75, 3.05) is 6.61 Å². The van der Waals surface area contributed by atoms with E-state index < -0.39 is 0 Å². The second-order valence-electron chi connectivity index (χ2n) is 7.56. The molecule has 130 valence electrons. The minimum absolute atomic E-state index is 0.0284. The number of rotatable bonds is 5. The Morgan fingerprint density at radius 1 is 1.30 bits per heavy atom. The van der Waals surface area contributed by atoms with Crippen molar-refractivity contribution in [3.63, 3.8) is 0 Å². The third kappa shape index (κ3) is 5.94. The van der Waals surface area contributed by atoms with Crippen molar-refractivity contribution >= 4 is 5.91 Å². The van der Waals surface area contributed by atoms with Crippen LogP contribution in [0.4, 0.5) is 0 Å². The van der Waals surface area contributed by atoms with Crippen LogP contribution in [-0.2, 0) is 16.1 Å². The van der Waals surface area contributed by atoms with Gasteiger partial charge in [-0.3, -0.25) is 4.79 Å². The van der Waals surface area contributed by atoms with Crippen molar-refractivity contribution in [1.29, 1.82) is 0 Å². The summed E-state index contributed by atoms with van der Waals surface area (Å²) in [6.45, 7) is 8.87. The average molecular weight is 323 g/mol.